The molecule has 4 rings (SSSR count). The topological polar surface area (TPSA) is 89.9 Å². The van der Waals surface area contributed by atoms with Crippen molar-refractivity contribution in [2.24, 2.45) is 0 Å². The largest absolute Gasteiger partial charge is 0.384 e. The maximum Gasteiger partial charge on any atom is 0.254 e. The van der Waals surface area contributed by atoms with Crippen LogP contribution in [-0.4, -0.2) is 42.9 Å². The molecule has 0 radical (unpaired) electrons. The number of likely N-dealkylation sites (tertiary alicyclic amines) is 1. The average molecular weight is 376 g/mol. The monoisotopic (exact) mass is 376 g/mol. The van der Waals surface area contributed by atoms with Gasteiger partial charge in [0.1, 0.15) is 12.1 Å². The lowest BCUT2D eigenvalue weighted by Crippen LogP contribution is -2.44. The lowest BCUT2D eigenvalue weighted by atomic mass is 9.97. The Morgan fingerprint density at radius 1 is 1.18 bits per heavy atom. The highest BCUT2D eigenvalue weighted by atomic mass is 16.2. The standard InChI is InChI=1S/C21H24N6O/c22-20-13-19(24-14-25-20)16-4-6-17(7-5-16)21(28)27-10-2-1-3-18(27)8-11-26-12-9-23-15-26/h4-7,9,12-15,18H,1-3,8,10-11H2,(H2,22,24,25)/t18-/m1/s1. The van der Waals surface area contributed by atoms with Crippen molar-refractivity contribution in [1.82, 2.24) is 24.4 Å². The van der Waals surface area contributed by atoms with Crippen LogP contribution < -0.4 is 5.73 Å². The molecule has 7 heteroatoms. The van der Waals surface area contributed by atoms with Crippen LogP contribution in [0.15, 0.2) is 55.4 Å². The summed E-state index contributed by atoms with van der Waals surface area (Å²) in [7, 11) is 0. The van der Waals surface area contributed by atoms with E-state index in [2.05, 4.69) is 19.5 Å². The number of aromatic nitrogens is 4. The van der Waals surface area contributed by atoms with Crippen LogP contribution in [0.25, 0.3) is 11.3 Å². The van der Waals surface area contributed by atoms with E-state index in [1.807, 2.05) is 41.7 Å². The summed E-state index contributed by atoms with van der Waals surface area (Å²) >= 11 is 0. The Kier molecular flexibility index (Phi) is 5.32. The summed E-state index contributed by atoms with van der Waals surface area (Å²) < 4.78 is 2.07. The molecule has 1 amide bonds. The normalized spacial score (nSPS) is 16.9. The van der Waals surface area contributed by atoms with Crippen LogP contribution in [0.1, 0.15) is 36.0 Å². The molecule has 28 heavy (non-hydrogen) atoms. The highest BCUT2D eigenvalue weighted by Gasteiger charge is 2.27. The minimum absolute atomic E-state index is 0.101. The van der Waals surface area contributed by atoms with Crippen molar-refractivity contribution in [2.75, 3.05) is 12.3 Å². The quantitative estimate of drug-likeness (QED) is 0.739. The highest BCUT2D eigenvalue weighted by molar-refractivity contribution is 5.95. The third-order valence-electron chi connectivity index (χ3n) is 5.28. The molecule has 1 atom stereocenters. The van der Waals surface area contributed by atoms with Gasteiger partial charge in [0.2, 0.25) is 0 Å². The molecule has 2 N–H and O–H groups in total. The molecule has 1 aromatic carbocycles. The number of carbonyl (C=O) groups excluding carboxylic acids is 1. The molecule has 3 heterocycles. The summed E-state index contributed by atoms with van der Waals surface area (Å²) in [5, 5.41) is 0. The minimum atomic E-state index is 0.101. The van der Waals surface area contributed by atoms with Gasteiger partial charge in [0, 0.05) is 48.7 Å². The molecule has 144 valence electrons. The number of piperidine rings is 1. The predicted octanol–water partition coefficient (Wildman–Crippen LogP) is 3.01. The SMILES string of the molecule is Nc1cc(-c2ccc(C(=O)N3CCCC[C@@H]3CCn3ccnc3)cc2)ncn1. The van der Waals surface area contributed by atoms with Gasteiger partial charge in [-0.2, -0.15) is 0 Å². The van der Waals surface area contributed by atoms with Crippen molar-refractivity contribution in [2.45, 2.75) is 38.3 Å². The van der Waals surface area contributed by atoms with Crippen LogP contribution in [0.5, 0.6) is 0 Å². The predicted molar refractivity (Wildman–Crippen MR) is 107 cm³/mol. The molecule has 7 nitrogen and oxygen atoms in total. The molecule has 0 bridgehead atoms. The Hall–Kier alpha value is -3.22. The van der Waals surface area contributed by atoms with Crippen LogP contribution in [0.4, 0.5) is 5.82 Å². The maximum atomic E-state index is 13.1. The molecule has 0 aliphatic carbocycles. The Morgan fingerprint density at radius 3 is 2.79 bits per heavy atom. The summed E-state index contributed by atoms with van der Waals surface area (Å²) in [6.45, 7) is 1.69. The van der Waals surface area contributed by atoms with Gasteiger partial charge in [0.15, 0.2) is 0 Å². The smallest absolute Gasteiger partial charge is 0.254 e. The first-order valence-electron chi connectivity index (χ1n) is 9.65. The number of anilines is 1. The van der Waals surface area contributed by atoms with Crippen LogP contribution in [0.2, 0.25) is 0 Å². The van der Waals surface area contributed by atoms with E-state index in [0.29, 0.717) is 11.4 Å². The van der Waals surface area contributed by atoms with Crippen molar-refractivity contribution < 1.29 is 4.79 Å². The molecular weight excluding hydrogens is 352 g/mol. The number of hydrogen-bond donors (Lipinski definition) is 1. The second-order valence-corrected chi connectivity index (χ2v) is 7.14. The first-order chi connectivity index (χ1) is 13.7. The zero-order chi connectivity index (χ0) is 19.3. The van der Waals surface area contributed by atoms with Gasteiger partial charge in [0.25, 0.3) is 5.91 Å². The second-order valence-electron chi connectivity index (χ2n) is 7.14. The molecule has 2 aromatic heterocycles. The number of nitrogen functional groups attached to an aromatic ring is 1. The average Bonchev–Trinajstić information content (AvgIpc) is 3.26. The van der Waals surface area contributed by atoms with Crippen LogP contribution in [-0.2, 0) is 6.54 Å². The maximum absolute atomic E-state index is 13.1. The fraction of sp³-hybridized carbons (Fsp3) is 0.333. The zero-order valence-corrected chi connectivity index (χ0v) is 15.7. The van der Waals surface area contributed by atoms with Gasteiger partial charge in [-0.05, 0) is 37.8 Å². The van der Waals surface area contributed by atoms with Gasteiger partial charge in [-0.15, -0.1) is 0 Å². The van der Waals surface area contributed by atoms with Crippen LogP contribution in [0.3, 0.4) is 0 Å². The number of benzene rings is 1. The van der Waals surface area contributed by atoms with E-state index in [1.54, 1.807) is 12.3 Å². The molecule has 1 saturated heterocycles. The lowest BCUT2D eigenvalue weighted by Gasteiger charge is -2.36. The number of imidazole rings is 1. The van der Waals surface area contributed by atoms with E-state index >= 15 is 0 Å². The van der Waals surface area contributed by atoms with Gasteiger partial charge < -0.3 is 15.2 Å². The number of hydrogen-bond acceptors (Lipinski definition) is 5. The van der Waals surface area contributed by atoms with Gasteiger partial charge >= 0.3 is 0 Å². The van der Waals surface area contributed by atoms with E-state index in [9.17, 15) is 4.79 Å². The Labute approximate surface area is 164 Å². The number of nitrogens with zero attached hydrogens (tertiary/aromatic N) is 5. The number of rotatable bonds is 5. The van der Waals surface area contributed by atoms with Gasteiger partial charge in [-0.3, -0.25) is 4.79 Å². The fourth-order valence-corrected chi connectivity index (χ4v) is 3.76. The van der Waals surface area contributed by atoms with E-state index in [4.69, 9.17) is 5.73 Å². The summed E-state index contributed by atoms with van der Waals surface area (Å²) in [5.74, 6) is 0.531. The third kappa shape index (κ3) is 4.03. The molecule has 1 aliphatic heterocycles. The van der Waals surface area contributed by atoms with E-state index in [1.165, 1.54) is 12.7 Å². The van der Waals surface area contributed by atoms with Gasteiger partial charge in [-0.25, -0.2) is 15.0 Å². The molecule has 3 aromatic rings. The van der Waals surface area contributed by atoms with Crippen molar-refractivity contribution in [3.05, 3.63) is 60.9 Å². The molecule has 0 unspecified atom stereocenters. The highest BCUT2D eigenvalue weighted by Crippen LogP contribution is 2.24. The van der Waals surface area contributed by atoms with Crippen molar-refractivity contribution in [1.29, 1.82) is 0 Å². The molecular formula is C21H24N6O. The first-order valence-corrected chi connectivity index (χ1v) is 9.65. The first kappa shape index (κ1) is 18.2. The number of aryl methyl sites for hydroxylation is 1. The lowest BCUT2D eigenvalue weighted by molar-refractivity contribution is 0.0595. The number of nitrogens with two attached hydrogens (primary N) is 1. The summed E-state index contributed by atoms with van der Waals surface area (Å²) in [6, 6.07) is 9.58. The second kappa shape index (κ2) is 8.21. The molecule has 0 spiro atoms. The van der Waals surface area contributed by atoms with Gasteiger partial charge in [-0.1, -0.05) is 12.1 Å². The summed E-state index contributed by atoms with van der Waals surface area (Å²) in [5.41, 5.74) is 8.11. The Bertz CT molecular complexity index is 922. The number of carbonyl (C=O) groups is 1. The molecule has 1 aliphatic rings. The van der Waals surface area contributed by atoms with E-state index in [0.717, 1.165) is 43.6 Å². The minimum Gasteiger partial charge on any atom is -0.384 e. The fourth-order valence-electron chi connectivity index (χ4n) is 3.76. The van der Waals surface area contributed by atoms with Crippen molar-refractivity contribution in [3.63, 3.8) is 0 Å². The van der Waals surface area contributed by atoms with Crippen molar-refractivity contribution in [3.8, 4) is 11.3 Å². The van der Waals surface area contributed by atoms with Gasteiger partial charge in [0.05, 0.1) is 12.0 Å². The van der Waals surface area contributed by atoms with E-state index < -0.39 is 0 Å². The van der Waals surface area contributed by atoms with Crippen LogP contribution in [0, 0.1) is 0 Å². The van der Waals surface area contributed by atoms with Crippen molar-refractivity contribution >= 4 is 11.7 Å². The number of amides is 1. The summed E-state index contributed by atoms with van der Waals surface area (Å²) in [6.07, 6.45) is 11.3. The Balaban J connectivity index is 1.47. The molecule has 0 saturated carbocycles. The summed E-state index contributed by atoms with van der Waals surface area (Å²) in [4.78, 5) is 27.4. The van der Waals surface area contributed by atoms with Crippen LogP contribution >= 0.6 is 0 Å². The Morgan fingerprint density at radius 2 is 2.04 bits per heavy atom. The zero-order valence-electron chi connectivity index (χ0n) is 15.7. The molecule has 1 fully saturated rings. The third-order valence-corrected chi connectivity index (χ3v) is 5.28. The van der Waals surface area contributed by atoms with E-state index in [-0.39, 0.29) is 11.9 Å².